The summed E-state index contributed by atoms with van der Waals surface area (Å²) in [7, 11) is 0. The molecule has 1 fully saturated rings. The molecule has 1 aromatic rings. The van der Waals surface area contributed by atoms with Gasteiger partial charge in [0.05, 0.1) is 0 Å². The molecule has 1 heterocycles. The minimum Gasteiger partial charge on any atom is -0.311 e. The number of benzene rings is 1. The van der Waals surface area contributed by atoms with Crippen molar-refractivity contribution in [1.29, 1.82) is 0 Å². The van der Waals surface area contributed by atoms with E-state index < -0.39 is 0 Å². The third kappa shape index (κ3) is 3.82. The molecule has 1 saturated heterocycles. The van der Waals surface area contributed by atoms with E-state index in [1.807, 2.05) is 0 Å². The molecular formula is C16H26N2. The third-order valence-corrected chi connectivity index (χ3v) is 4.00. The van der Waals surface area contributed by atoms with Crippen molar-refractivity contribution in [3.63, 3.8) is 0 Å². The van der Waals surface area contributed by atoms with Gasteiger partial charge in [-0.3, -0.25) is 0 Å². The maximum Gasteiger partial charge on any atom is 0.0211 e. The number of piperidine rings is 1. The lowest BCUT2D eigenvalue weighted by molar-refractivity contribution is 0.229. The average molecular weight is 246 g/mol. The Bertz CT molecular complexity index is 347. The van der Waals surface area contributed by atoms with Crippen molar-refractivity contribution in [1.82, 2.24) is 10.2 Å². The van der Waals surface area contributed by atoms with Crippen LogP contribution in [-0.4, -0.2) is 31.1 Å². The first-order chi connectivity index (χ1) is 8.77. The molecule has 0 amide bonds. The molecule has 100 valence electrons. The lowest BCUT2D eigenvalue weighted by Crippen LogP contribution is -2.35. The van der Waals surface area contributed by atoms with Crippen LogP contribution >= 0.6 is 0 Å². The lowest BCUT2D eigenvalue weighted by Gasteiger charge is -2.26. The van der Waals surface area contributed by atoms with Crippen molar-refractivity contribution in [2.75, 3.05) is 26.2 Å². The van der Waals surface area contributed by atoms with E-state index in [-0.39, 0.29) is 0 Å². The van der Waals surface area contributed by atoms with E-state index in [4.69, 9.17) is 0 Å². The molecule has 2 rings (SSSR count). The Morgan fingerprint density at radius 2 is 1.72 bits per heavy atom. The Labute approximate surface area is 111 Å². The molecule has 2 nitrogen and oxygen atoms in total. The van der Waals surface area contributed by atoms with Gasteiger partial charge in [-0.2, -0.15) is 0 Å². The van der Waals surface area contributed by atoms with Crippen molar-refractivity contribution in [3.05, 3.63) is 34.9 Å². The zero-order valence-corrected chi connectivity index (χ0v) is 11.8. The van der Waals surface area contributed by atoms with Gasteiger partial charge in [-0.05, 0) is 56.5 Å². The molecule has 0 aliphatic carbocycles. The highest BCUT2D eigenvalue weighted by molar-refractivity contribution is 5.33. The van der Waals surface area contributed by atoms with Crippen molar-refractivity contribution in [2.24, 2.45) is 0 Å². The summed E-state index contributed by atoms with van der Waals surface area (Å²) in [6.45, 7) is 10.3. The molecule has 1 N–H and O–H groups in total. The van der Waals surface area contributed by atoms with Gasteiger partial charge < -0.3 is 10.2 Å². The van der Waals surface area contributed by atoms with Crippen molar-refractivity contribution in [3.8, 4) is 0 Å². The quantitative estimate of drug-likeness (QED) is 0.804. The molecule has 0 spiro atoms. The van der Waals surface area contributed by atoms with Gasteiger partial charge in [-0.15, -0.1) is 0 Å². The summed E-state index contributed by atoms with van der Waals surface area (Å²) in [4.78, 5) is 2.58. The Morgan fingerprint density at radius 3 is 2.39 bits per heavy atom. The number of rotatable bonds is 5. The number of hydrogen-bond acceptors (Lipinski definition) is 2. The van der Waals surface area contributed by atoms with Gasteiger partial charge >= 0.3 is 0 Å². The number of likely N-dealkylation sites (tertiary alicyclic amines) is 1. The smallest absolute Gasteiger partial charge is 0.0211 e. The van der Waals surface area contributed by atoms with Crippen LogP contribution in [0, 0.1) is 13.8 Å². The zero-order chi connectivity index (χ0) is 12.8. The molecule has 0 aromatic heterocycles. The number of hydrogen-bond donors (Lipinski definition) is 1. The van der Waals surface area contributed by atoms with Gasteiger partial charge in [-0.25, -0.2) is 0 Å². The fraction of sp³-hybridized carbons (Fsp3) is 0.625. The summed E-state index contributed by atoms with van der Waals surface area (Å²) < 4.78 is 0. The van der Waals surface area contributed by atoms with Crippen LogP contribution in [0.2, 0.25) is 0 Å². The maximum absolute atomic E-state index is 3.59. The summed E-state index contributed by atoms with van der Waals surface area (Å²) in [6.07, 6.45) is 4.19. The van der Waals surface area contributed by atoms with Crippen LogP contribution in [0.1, 0.15) is 36.0 Å². The van der Waals surface area contributed by atoms with Crippen LogP contribution in [0.15, 0.2) is 18.2 Å². The molecule has 18 heavy (non-hydrogen) atoms. The Hall–Kier alpha value is -0.860. The first kappa shape index (κ1) is 13.6. The van der Waals surface area contributed by atoms with Crippen LogP contribution in [0.3, 0.4) is 0 Å². The summed E-state index contributed by atoms with van der Waals surface area (Å²) in [5, 5.41) is 3.59. The molecular weight excluding hydrogens is 220 g/mol. The van der Waals surface area contributed by atoms with E-state index in [1.165, 1.54) is 55.6 Å². The van der Waals surface area contributed by atoms with E-state index in [0.29, 0.717) is 0 Å². The highest BCUT2D eigenvalue weighted by Crippen LogP contribution is 2.12. The molecule has 1 aromatic carbocycles. The molecule has 0 radical (unpaired) electrons. The summed E-state index contributed by atoms with van der Waals surface area (Å²) in [5.74, 6) is 0. The predicted molar refractivity (Wildman–Crippen MR) is 77.9 cm³/mol. The Morgan fingerprint density at radius 1 is 1.06 bits per heavy atom. The van der Waals surface area contributed by atoms with Crippen LogP contribution in [0.4, 0.5) is 0 Å². The summed E-state index contributed by atoms with van der Waals surface area (Å²) >= 11 is 0. The predicted octanol–water partition coefficient (Wildman–Crippen LogP) is 2.88. The van der Waals surface area contributed by atoms with Crippen LogP contribution in [0.25, 0.3) is 0 Å². The van der Waals surface area contributed by atoms with Crippen molar-refractivity contribution in [2.45, 2.75) is 39.7 Å². The summed E-state index contributed by atoms with van der Waals surface area (Å²) in [5.41, 5.74) is 4.28. The van der Waals surface area contributed by atoms with Gasteiger partial charge in [0, 0.05) is 19.6 Å². The highest BCUT2D eigenvalue weighted by Gasteiger charge is 2.09. The van der Waals surface area contributed by atoms with E-state index >= 15 is 0 Å². The molecule has 0 bridgehead atoms. The normalized spacial score (nSPS) is 17.0. The fourth-order valence-electron chi connectivity index (χ4n) is 2.76. The fourth-order valence-corrected chi connectivity index (χ4v) is 2.76. The SMILES string of the molecule is Cc1cccc(C)c1CNCCN1CCCCC1. The Kier molecular flexibility index (Phi) is 5.21. The standard InChI is InChI=1S/C16H26N2/c1-14-7-6-8-15(2)16(14)13-17-9-12-18-10-4-3-5-11-18/h6-8,17H,3-5,9-13H2,1-2H3. The third-order valence-electron chi connectivity index (χ3n) is 4.00. The molecule has 1 aliphatic heterocycles. The molecule has 0 unspecified atom stereocenters. The second-order valence-corrected chi connectivity index (χ2v) is 5.45. The van der Waals surface area contributed by atoms with Crippen molar-refractivity contribution >= 4 is 0 Å². The number of nitrogens with zero attached hydrogens (tertiary/aromatic N) is 1. The monoisotopic (exact) mass is 246 g/mol. The van der Waals surface area contributed by atoms with Crippen LogP contribution in [0.5, 0.6) is 0 Å². The van der Waals surface area contributed by atoms with E-state index in [9.17, 15) is 0 Å². The minimum absolute atomic E-state index is 1.01. The largest absolute Gasteiger partial charge is 0.311 e. The van der Waals surface area contributed by atoms with Gasteiger partial charge in [0.1, 0.15) is 0 Å². The summed E-state index contributed by atoms with van der Waals surface area (Å²) in [6, 6.07) is 6.55. The zero-order valence-electron chi connectivity index (χ0n) is 11.8. The average Bonchev–Trinajstić information content (AvgIpc) is 2.38. The van der Waals surface area contributed by atoms with Crippen LogP contribution < -0.4 is 5.32 Å². The van der Waals surface area contributed by atoms with Gasteiger partial charge in [0.2, 0.25) is 0 Å². The second-order valence-electron chi connectivity index (χ2n) is 5.45. The molecule has 0 saturated carbocycles. The van der Waals surface area contributed by atoms with E-state index in [0.717, 1.165) is 13.1 Å². The highest BCUT2D eigenvalue weighted by atomic mass is 15.1. The van der Waals surface area contributed by atoms with Gasteiger partial charge in [0.15, 0.2) is 0 Å². The van der Waals surface area contributed by atoms with Crippen molar-refractivity contribution < 1.29 is 0 Å². The molecule has 1 aliphatic rings. The number of aryl methyl sites for hydroxylation is 2. The van der Waals surface area contributed by atoms with E-state index in [1.54, 1.807) is 0 Å². The first-order valence-corrected chi connectivity index (χ1v) is 7.25. The van der Waals surface area contributed by atoms with Gasteiger partial charge in [0.25, 0.3) is 0 Å². The second kappa shape index (κ2) is 6.91. The first-order valence-electron chi connectivity index (χ1n) is 7.25. The topological polar surface area (TPSA) is 15.3 Å². The van der Waals surface area contributed by atoms with Crippen LogP contribution in [-0.2, 0) is 6.54 Å². The number of nitrogens with one attached hydrogen (secondary N) is 1. The minimum atomic E-state index is 1.01. The lowest BCUT2D eigenvalue weighted by atomic mass is 10.0. The van der Waals surface area contributed by atoms with E-state index in [2.05, 4.69) is 42.3 Å². The van der Waals surface area contributed by atoms with Gasteiger partial charge in [-0.1, -0.05) is 24.6 Å². The molecule has 2 heteroatoms. The Balaban J connectivity index is 1.71. The molecule has 0 atom stereocenters. The maximum atomic E-state index is 3.59.